The number of rotatable bonds is 6. The first-order chi connectivity index (χ1) is 9.21. The first-order valence-corrected chi connectivity index (χ1v) is 6.15. The van der Waals surface area contributed by atoms with E-state index < -0.39 is 0 Å². The standard InChI is InChI=1S/C15H21NO3/c1-16(8-10-18-2)12-14-11-13(5-4-9-17)6-7-15(14)19-3/h6-7,11,17H,8-10,12H2,1-3H3. The number of aliphatic hydroxyl groups is 1. The molecule has 0 heterocycles. The fourth-order valence-corrected chi connectivity index (χ4v) is 1.74. The quantitative estimate of drug-likeness (QED) is 0.781. The molecular weight excluding hydrogens is 242 g/mol. The molecule has 1 aromatic carbocycles. The van der Waals surface area contributed by atoms with Gasteiger partial charge in [-0.2, -0.15) is 0 Å². The van der Waals surface area contributed by atoms with Gasteiger partial charge in [0.2, 0.25) is 0 Å². The molecule has 0 spiro atoms. The van der Waals surface area contributed by atoms with Crippen LogP contribution in [0.2, 0.25) is 0 Å². The molecular formula is C15H21NO3. The highest BCUT2D eigenvalue weighted by molar-refractivity contribution is 5.44. The second-order valence-corrected chi connectivity index (χ2v) is 4.22. The predicted octanol–water partition coefficient (Wildman–Crippen LogP) is 1.12. The molecule has 19 heavy (non-hydrogen) atoms. The monoisotopic (exact) mass is 263 g/mol. The van der Waals surface area contributed by atoms with Crippen LogP contribution in [-0.2, 0) is 11.3 Å². The van der Waals surface area contributed by atoms with Crippen molar-refractivity contribution in [2.45, 2.75) is 6.54 Å². The van der Waals surface area contributed by atoms with Crippen LogP contribution in [0.5, 0.6) is 5.75 Å². The van der Waals surface area contributed by atoms with Gasteiger partial charge in [-0.3, -0.25) is 4.90 Å². The summed E-state index contributed by atoms with van der Waals surface area (Å²) in [5.74, 6) is 6.40. The summed E-state index contributed by atoms with van der Waals surface area (Å²) in [4.78, 5) is 2.16. The normalized spacial score (nSPS) is 10.2. The van der Waals surface area contributed by atoms with E-state index in [1.54, 1.807) is 14.2 Å². The lowest BCUT2D eigenvalue weighted by molar-refractivity contribution is 0.158. The van der Waals surface area contributed by atoms with Crippen LogP contribution in [0.15, 0.2) is 18.2 Å². The minimum absolute atomic E-state index is 0.130. The van der Waals surface area contributed by atoms with Crippen LogP contribution in [0.3, 0.4) is 0 Å². The second kappa shape index (κ2) is 8.54. The summed E-state index contributed by atoms with van der Waals surface area (Å²) < 4.78 is 10.4. The molecule has 0 amide bonds. The van der Waals surface area contributed by atoms with E-state index in [2.05, 4.69) is 16.7 Å². The summed E-state index contributed by atoms with van der Waals surface area (Å²) in [5.41, 5.74) is 1.95. The molecule has 0 aliphatic heterocycles. The van der Waals surface area contributed by atoms with Crippen LogP contribution in [-0.4, -0.2) is 51.0 Å². The highest BCUT2D eigenvalue weighted by Gasteiger charge is 2.07. The summed E-state index contributed by atoms with van der Waals surface area (Å²) >= 11 is 0. The Bertz CT molecular complexity index is 448. The Balaban J connectivity index is 2.83. The van der Waals surface area contributed by atoms with E-state index in [1.807, 2.05) is 25.2 Å². The van der Waals surface area contributed by atoms with E-state index in [0.717, 1.165) is 30.0 Å². The molecule has 1 aromatic rings. The van der Waals surface area contributed by atoms with Gasteiger partial charge in [-0.05, 0) is 25.2 Å². The van der Waals surface area contributed by atoms with Crippen LogP contribution in [0.1, 0.15) is 11.1 Å². The van der Waals surface area contributed by atoms with Crippen molar-refractivity contribution in [3.63, 3.8) is 0 Å². The highest BCUT2D eigenvalue weighted by atomic mass is 16.5. The highest BCUT2D eigenvalue weighted by Crippen LogP contribution is 2.20. The molecule has 4 heteroatoms. The number of methoxy groups -OCH3 is 2. The summed E-state index contributed by atoms with van der Waals surface area (Å²) in [6, 6.07) is 5.78. The van der Waals surface area contributed by atoms with Gasteiger partial charge in [0, 0.05) is 31.3 Å². The Labute approximate surface area is 114 Å². The molecule has 1 N–H and O–H groups in total. The number of likely N-dealkylation sites (N-methyl/N-ethyl adjacent to an activating group) is 1. The third-order valence-corrected chi connectivity index (χ3v) is 2.71. The summed E-state index contributed by atoms with van der Waals surface area (Å²) in [5, 5.41) is 8.72. The average Bonchev–Trinajstić information content (AvgIpc) is 2.43. The molecule has 0 aliphatic rings. The van der Waals surface area contributed by atoms with Crippen LogP contribution in [0.25, 0.3) is 0 Å². The molecule has 104 valence electrons. The molecule has 0 fully saturated rings. The van der Waals surface area contributed by atoms with Gasteiger partial charge in [-0.15, -0.1) is 0 Å². The Kier molecular flexibility index (Phi) is 6.98. The van der Waals surface area contributed by atoms with Gasteiger partial charge in [0.1, 0.15) is 12.4 Å². The molecule has 0 atom stereocenters. The zero-order chi connectivity index (χ0) is 14.1. The minimum Gasteiger partial charge on any atom is -0.496 e. The van der Waals surface area contributed by atoms with Gasteiger partial charge >= 0.3 is 0 Å². The Morgan fingerprint density at radius 2 is 2.11 bits per heavy atom. The molecule has 0 saturated heterocycles. The molecule has 0 unspecified atom stereocenters. The third kappa shape index (κ3) is 5.31. The zero-order valence-electron chi connectivity index (χ0n) is 11.8. The maximum atomic E-state index is 8.72. The maximum Gasteiger partial charge on any atom is 0.123 e. The second-order valence-electron chi connectivity index (χ2n) is 4.22. The van der Waals surface area contributed by atoms with Crippen molar-refractivity contribution in [1.82, 2.24) is 4.90 Å². The van der Waals surface area contributed by atoms with Gasteiger partial charge in [-0.25, -0.2) is 0 Å². The van der Waals surface area contributed by atoms with Crippen molar-refractivity contribution < 1.29 is 14.6 Å². The number of ether oxygens (including phenoxy) is 2. The smallest absolute Gasteiger partial charge is 0.123 e. The predicted molar refractivity (Wildman–Crippen MR) is 75.2 cm³/mol. The van der Waals surface area contributed by atoms with Gasteiger partial charge in [0.15, 0.2) is 0 Å². The van der Waals surface area contributed by atoms with Crippen LogP contribution in [0, 0.1) is 11.8 Å². The summed E-state index contributed by atoms with van der Waals surface area (Å²) in [6.07, 6.45) is 0. The van der Waals surface area contributed by atoms with E-state index in [0.29, 0.717) is 6.61 Å². The van der Waals surface area contributed by atoms with Crippen LogP contribution in [0.4, 0.5) is 0 Å². The molecule has 0 bridgehead atoms. The van der Waals surface area contributed by atoms with Crippen molar-refractivity contribution in [3.05, 3.63) is 29.3 Å². The fourth-order valence-electron chi connectivity index (χ4n) is 1.74. The lowest BCUT2D eigenvalue weighted by atomic mass is 10.1. The van der Waals surface area contributed by atoms with E-state index in [1.165, 1.54) is 0 Å². The number of benzene rings is 1. The van der Waals surface area contributed by atoms with Gasteiger partial charge in [0.25, 0.3) is 0 Å². The molecule has 4 nitrogen and oxygen atoms in total. The van der Waals surface area contributed by atoms with Crippen molar-refractivity contribution in [2.75, 3.05) is 41.0 Å². The Morgan fingerprint density at radius 3 is 2.74 bits per heavy atom. The number of nitrogens with zero attached hydrogens (tertiary/aromatic N) is 1. The molecule has 0 aromatic heterocycles. The first kappa shape index (κ1) is 15.5. The van der Waals surface area contributed by atoms with Crippen molar-refractivity contribution in [3.8, 4) is 17.6 Å². The van der Waals surface area contributed by atoms with Crippen molar-refractivity contribution in [1.29, 1.82) is 0 Å². The number of hydrogen-bond donors (Lipinski definition) is 1. The average molecular weight is 263 g/mol. The first-order valence-electron chi connectivity index (χ1n) is 6.15. The largest absolute Gasteiger partial charge is 0.496 e. The lowest BCUT2D eigenvalue weighted by Gasteiger charge is -2.18. The van der Waals surface area contributed by atoms with Crippen LogP contribution < -0.4 is 4.74 Å². The van der Waals surface area contributed by atoms with E-state index >= 15 is 0 Å². The van der Waals surface area contributed by atoms with E-state index in [9.17, 15) is 0 Å². The number of aliphatic hydroxyl groups excluding tert-OH is 1. The van der Waals surface area contributed by atoms with Gasteiger partial charge in [-0.1, -0.05) is 11.8 Å². The topological polar surface area (TPSA) is 41.9 Å². The molecule has 1 rings (SSSR count). The summed E-state index contributed by atoms with van der Waals surface area (Å²) in [6.45, 7) is 2.19. The minimum atomic E-state index is -0.130. The maximum absolute atomic E-state index is 8.72. The van der Waals surface area contributed by atoms with E-state index in [-0.39, 0.29) is 6.61 Å². The van der Waals surface area contributed by atoms with Crippen LogP contribution >= 0.6 is 0 Å². The van der Waals surface area contributed by atoms with Gasteiger partial charge in [0.05, 0.1) is 13.7 Å². The Morgan fingerprint density at radius 1 is 1.32 bits per heavy atom. The summed E-state index contributed by atoms with van der Waals surface area (Å²) in [7, 11) is 5.39. The Hall–Kier alpha value is -1.54. The third-order valence-electron chi connectivity index (χ3n) is 2.71. The SMILES string of the molecule is COCCN(C)Cc1cc(C#CCO)ccc1OC. The van der Waals surface area contributed by atoms with Crippen molar-refractivity contribution in [2.24, 2.45) is 0 Å². The zero-order valence-corrected chi connectivity index (χ0v) is 11.8. The number of hydrogen-bond acceptors (Lipinski definition) is 4. The van der Waals surface area contributed by atoms with Gasteiger partial charge < -0.3 is 14.6 Å². The lowest BCUT2D eigenvalue weighted by Crippen LogP contribution is -2.22. The molecule has 0 aliphatic carbocycles. The molecule has 0 saturated carbocycles. The fraction of sp³-hybridized carbons (Fsp3) is 0.467. The van der Waals surface area contributed by atoms with Crippen molar-refractivity contribution >= 4 is 0 Å². The molecule has 0 radical (unpaired) electrons. The van der Waals surface area contributed by atoms with E-state index in [4.69, 9.17) is 14.6 Å².